The molecular weight excluding hydrogens is 338 g/mol. The average Bonchev–Trinajstić information content (AvgIpc) is 3.04. The molecule has 0 aliphatic rings. The molecule has 4 heteroatoms. The molecule has 0 radical (unpaired) electrons. The molecule has 0 saturated heterocycles. The van der Waals surface area contributed by atoms with Crippen LogP contribution in [0.5, 0.6) is 0 Å². The van der Waals surface area contributed by atoms with Gasteiger partial charge in [0.1, 0.15) is 0 Å². The molecule has 0 fully saturated rings. The number of benzene rings is 1. The fraction of sp³-hybridized carbons (Fsp3) is 0.565. The van der Waals surface area contributed by atoms with Crippen LogP contribution in [0, 0.1) is 0 Å². The molecule has 148 valence electrons. The molecule has 0 spiro atoms. The van der Waals surface area contributed by atoms with E-state index in [0.717, 1.165) is 30.0 Å². The van der Waals surface area contributed by atoms with Crippen molar-refractivity contribution < 1.29 is 14.4 Å². The second-order valence-electron chi connectivity index (χ2n) is 7.29. The van der Waals surface area contributed by atoms with Crippen molar-refractivity contribution in [3.63, 3.8) is 0 Å². The van der Waals surface area contributed by atoms with E-state index in [0.29, 0.717) is 12.0 Å². The van der Waals surface area contributed by atoms with Gasteiger partial charge < -0.3 is 4.84 Å². The Labute approximate surface area is 162 Å². The van der Waals surface area contributed by atoms with Crippen LogP contribution in [0.2, 0.25) is 0 Å². The van der Waals surface area contributed by atoms with Gasteiger partial charge in [-0.3, -0.25) is 4.79 Å². The van der Waals surface area contributed by atoms with E-state index < -0.39 is 0 Å². The van der Waals surface area contributed by atoms with E-state index in [1.165, 1.54) is 62.5 Å². The molecule has 1 aromatic heterocycles. The maximum atomic E-state index is 12.1. The van der Waals surface area contributed by atoms with E-state index in [1.54, 1.807) is 6.20 Å². The van der Waals surface area contributed by atoms with Gasteiger partial charge in [0.05, 0.1) is 11.7 Å². The van der Waals surface area contributed by atoms with Gasteiger partial charge in [0.25, 0.3) is 0 Å². The van der Waals surface area contributed by atoms with Crippen molar-refractivity contribution >= 4 is 23.2 Å². The lowest BCUT2D eigenvalue weighted by Crippen LogP contribution is -2.18. The molecule has 2 rings (SSSR count). The number of fused-ring (bicyclic) bond motifs is 1. The van der Waals surface area contributed by atoms with E-state index in [2.05, 4.69) is 6.92 Å². The molecule has 0 saturated carbocycles. The second-order valence-corrected chi connectivity index (χ2v) is 7.29. The van der Waals surface area contributed by atoms with Gasteiger partial charge in [-0.25, -0.2) is 4.79 Å². The van der Waals surface area contributed by atoms with Gasteiger partial charge in [0.2, 0.25) is 0 Å². The monoisotopic (exact) mass is 371 g/mol. The number of nitrogens with zero attached hydrogens (tertiary/aromatic N) is 1. The number of hydrogen-bond donors (Lipinski definition) is 0. The summed E-state index contributed by atoms with van der Waals surface area (Å²) < 4.78 is 1.42. The van der Waals surface area contributed by atoms with Gasteiger partial charge >= 0.3 is 5.97 Å². The van der Waals surface area contributed by atoms with E-state index in [9.17, 15) is 9.59 Å². The van der Waals surface area contributed by atoms with E-state index in [1.807, 2.05) is 24.3 Å². The highest BCUT2D eigenvalue weighted by Gasteiger charge is 2.11. The van der Waals surface area contributed by atoms with Crippen molar-refractivity contribution in [2.24, 2.45) is 0 Å². The Morgan fingerprint density at radius 2 is 1.52 bits per heavy atom. The number of hydrogen-bond acceptors (Lipinski definition) is 3. The minimum absolute atomic E-state index is 0.246. The summed E-state index contributed by atoms with van der Waals surface area (Å²) in [4.78, 5) is 28.7. The fourth-order valence-electron chi connectivity index (χ4n) is 3.43. The van der Waals surface area contributed by atoms with Crippen LogP contribution >= 0.6 is 0 Å². The van der Waals surface area contributed by atoms with Crippen LogP contribution < -0.4 is 4.84 Å². The maximum Gasteiger partial charge on any atom is 0.332 e. The molecule has 0 bridgehead atoms. The zero-order valence-corrected chi connectivity index (χ0v) is 16.6. The maximum absolute atomic E-state index is 12.1. The van der Waals surface area contributed by atoms with Gasteiger partial charge in [-0.1, -0.05) is 89.3 Å². The summed E-state index contributed by atoms with van der Waals surface area (Å²) in [5.41, 5.74) is 1.28. The van der Waals surface area contributed by atoms with E-state index >= 15 is 0 Å². The van der Waals surface area contributed by atoms with Gasteiger partial charge in [0.15, 0.2) is 6.29 Å². The molecule has 1 aromatic carbocycles. The number of aldehydes is 1. The third kappa shape index (κ3) is 7.20. The van der Waals surface area contributed by atoms with Crippen LogP contribution in [-0.2, 0) is 4.79 Å². The van der Waals surface area contributed by atoms with Crippen LogP contribution in [0.15, 0.2) is 30.5 Å². The quantitative estimate of drug-likeness (QED) is 0.297. The predicted octanol–water partition coefficient (Wildman–Crippen LogP) is 6.11. The highest BCUT2D eigenvalue weighted by atomic mass is 16.7. The lowest BCUT2D eigenvalue weighted by molar-refractivity contribution is -0.143. The third-order valence-electron chi connectivity index (χ3n) is 5.02. The van der Waals surface area contributed by atoms with Crippen molar-refractivity contribution in [2.45, 2.75) is 84.0 Å². The Morgan fingerprint density at radius 1 is 0.926 bits per heavy atom. The minimum atomic E-state index is -0.246. The number of carbonyl (C=O) groups excluding carboxylic acids is 2. The highest BCUT2D eigenvalue weighted by molar-refractivity contribution is 5.97. The molecule has 0 amide bonds. The van der Waals surface area contributed by atoms with Gasteiger partial charge in [-0.15, -0.1) is 0 Å². The standard InChI is InChI=1S/C23H33NO3/c1-2-3-4-5-6-7-8-9-10-11-12-17-23(26)27-24-18-20(19-25)21-15-13-14-16-22(21)24/h13-16,18-19H,2-12,17H2,1H3. The summed E-state index contributed by atoms with van der Waals surface area (Å²) in [5.74, 6) is -0.246. The minimum Gasteiger partial charge on any atom is -0.337 e. The first kappa shape index (κ1) is 21.2. The molecule has 2 aromatic rings. The van der Waals surface area contributed by atoms with Crippen molar-refractivity contribution in [3.8, 4) is 0 Å². The van der Waals surface area contributed by atoms with Crippen molar-refractivity contribution in [1.82, 2.24) is 4.73 Å². The topological polar surface area (TPSA) is 48.3 Å². The fourth-order valence-corrected chi connectivity index (χ4v) is 3.43. The SMILES string of the molecule is CCCCCCCCCCCCCC(=O)On1cc(C=O)c2ccccc21. The van der Waals surface area contributed by atoms with Crippen molar-refractivity contribution in [3.05, 3.63) is 36.0 Å². The van der Waals surface area contributed by atoms with Crippen molar-refractivity contribution in [1.29, 1.82) is 0 Å². The normalized spacial score (nSPS) is 11.0. The van der Waals surface area contributed by atoms with Crippen LogP contribution in [0.3, 0.4) is 0 Å². The van der Waals surface area contributed by atoms with Crippen LogP contribution in [0.1, 0.15) is 94.3 Å². The number of aromatic nitrogens is 1. The molecule has 0 aliphatic heterocycles. The molecular formula is C23H33NO3. The summed E-state index contributed by atoms with van der Waals surface area (Å²) in [5, 5.41) is 0.801. The largest absolute Gasteiger partial charge is 0.337 e. The molecule has 0 atom stereocenters. The van der Waals surface area contributed by atoms with E-state index in [4.69, 9.17) is 4.84 Å². The average molecular weight is 372 g/mol. The molecule has 27 heavy (non-hydrogen) atoms. The smallest absolute Gasteiger partial charge is 0.332 e. The number of para-hydroxylation sites is 1. The van der Waals surface area contributed by atoms with Gasteiger partial charge in [0, 0.05) is 17.4 Å². The predicted molar refractivity (Wildman–Crippen MR) is 110 cm³/mol. The van der Waals surface area contributed by atoms with Gasteiger partial charge in [-0.2, -0.15) is 4.73 Å². The summed E-state index contributed by atoms with van der Waals surface area (Å²) in [6.07, 6.45) is 16.6. The van der Waals surface area contributed by atoms with Crippen LogP contribution in [0.25, 0.3) is 10.9 Å². The molecule has 4 nitrogen and oxygen atoms in total. The Bertz CT molecular complexity index is 705. The zero-order chi connectivity index (χ0) is 19.3. The lowest BCUT2D eigenvalue weighted by atomic mass is 10.1. The number of rotatable bonds is 14. The summed E-state index contributed by atoms with van der Waals surface area (Å²) in [6, 6.07) is 7.43. The first-order chi connectivity index (χ1) is 13.3. The Hall–Kier alpha value is -2.10. The first-order valence-corrected chi connectivity index (χ1v) is 10.5. The van der Waals surface area contributed by atoms with Gasteiger partial charge in [-0.05, 0) is 12.5 Å². The van der Waals surface area contributed by atoms with Crippen LogP contribution in [0.4, 0.5) is 0 Å². The Morgan fingerprint density at radius 3 is 2.15 bits per heavy atom. The summed E-state index contributed by atoms with van der Waals surface area (Å²) in [7, 11) is 0. The van der Waals surface area contributed by atoms with E-state index in [-0.39, 0.29) is 5.97 Å². The first-order valence-electron chi connectivity index (χ1n) is 10.5. The summed E-state index contributed by atoms with van der Waals surface area (Å²) in [6.45, 7) is 2.25. The van der Waals surface area contributed by atoms with Crippen LogP contribution in [-0.4, -0.2) is 17.0 Å². The van der Waals surface area contributed by atoms with Crippen molar-refractivity contribution in [2.75, 3.05) is 0 Å². The molecule has 0 aliphatic carbocycles. The number of carbonyl (C=O) groups is 2. The molecule has 0 unspecified atom stereocenters. The molecule has 0 N–H and O–H groups in total. The number of unbranched alkanes of at least 4 members (excludes halogenated alkanes) is 10. The highest BCUT2D eigenvalue weighted by Crippen LogP contribution is 2.19. The Kier molecular flexibility index (Phi) is 9.67. The lowest BCUT2D eigenvalue weighted by Gasteiger charge is -2.06. The molecule has 1 heterocycles. The summed E-state index contributed by atoms with van der Waals surface area (Å²) >= 11 is 0. The second kappa shape index (κ2) is 12.3. The Balaban J connectivity index is 1.59. The zero-order valence-electron chi connectivity index (χ0n) is 16.6. The third-order valence-corrected chi connectivity index (χ3v) is 5.02.